The van der Waals surface area contributed by atoms with E-state index in [9.17, 15) is 23.1 Å². The van der Waals surface area contributed by atoms with Crippen molar-refractivity contribution < 1.29 is 27.8 Å². The van der Waals surface area contributed by atoms with Gasteiger partial charge in [0.1, 0.15) is 11.5 Å². The molecule has 0 aliphatic carbocycles. The smallest absolute Gasteiger partial charge is 0.388 e. The molecule has 36 heavy (non-hydrogen) atoms. The van der Waals surface area contributed by atoms with Crippen LogP contribution in [0.25, 0.3) is 16.9 Å². The minimum absolute atomic E-state index is 0.0964. The molecule has 1 aromatic carbocycles. The van der Waals surface area contributed by atoms with Gasteiger partial charge in [-0.05, 0) is 49.6 Å². The van der Waals surface area contributed by atoms with E-state index in [1.54, 1.807) is 16.7 Å². The maximum atomic E-state index is 13.4. The Morgan fingerprint density at radius 1 is 1.19 bits per heavy atom. The topological polar surface area (TPSA) is 92.5 Å². The lowest BCUT2D eigenvalue weighted by atomic mass is 9.95. The lowest BCUT2D eigenvalue weighted by Crippen LogP contribution is -2.48. The van der Waals surface area contributed by atoms with Gasteiger partial charge in [0.05, 0.1) is 36.4 Å². The van der Waals surface area contributed by atoms with Crippen LogP contribution in [0.5, 0.6) is 0 Å². The van der Waals surface area contributed by atoms with Crippen LogP contribution in [0.1, 0.15) is 24.1 Å². The predicted molar refractivity (Wildman–Crippen MR) is 127 cm³/mol. The largest absolute Gasteiger partial charge is 0.433 e. The number of anilines is 1. The number of fused-ring (bicyclic) bond motifs is 1. The fourth-order valence-corrected chi connectivity index (χ4v) is 4.81. The van der Waals surface area contributed by atoms with Crippen molar-refractivity contribution in [2.24, 2.45) is 5.92 Å². The first-order chi connectivity index (χ1) is 17.1. The van der Waals surface area contributed by atoms with Gasteiger partial charge in [0.15, 0.2) is 0 Å². The summed E-state index contributed by atoms with van der Waals surface area (Å²) in [6.45, 7) is 3.23. The molecular formula is C24H25ClF3N5O3. The number of rotatable bonds is 4. The molecule has 2 aliphatic rings. The van der Waals surface area contributed by atoms with Crippen molar-refractivity contribution >= 4 is 34.5 Å². The van der Waals surface area contributed by atoms with Gasteiger partial charge in [-0.25, -0.2) is 9.97 Å². The van der Waals surface area contributed by atoms with Crippen molar-refractivity contribution in [3.05, 3.63) is 46.6 Å². The second kappa shape index (κ2) is 9.53. The van der Waals surface area contributed by atoms with E-state index in [2.05, 4.69) is 10.3 Å². The summed E-state index contributed by atoms with van der Waals surface area (Å²) >= 11 is 6.30. The third kappa shape index (κ3) is 4.74. The molecular weight excluding hydrogens is 499 g/mol. The van der Waals surface area contributed by atoms with E-state index in [-0.39, 0.29) is 30.9 Å². The van der Waals surface area contributed by atoms with Crippen LogP contribution in [0.15, 0.2) is 30.3 Å². The van der Waals surface area contributed by atoms with Gasteiger partial charge in [-0.2, -0.15) is 13.2 Å². The summed E-state index contributed by atoms with van der Waals surface area (Å²) in [4.78, 5) is 23.3. The first-order valence-corrected chi connectivity index (χ1v) is 12.0. The number of nitrogens with one attached hydrogen (secondary N) is 1. The van der Waals surface area contributed by atoms with E-state index >= 15 is 0 Å². The third-order valence-corrected chi connectivity index (χ3v) is 7.11. The Hall–Kier alpha value is -2.89. The normalized spacial score (nSPS) is 21.3. The summed E-state index contributed by atoms with van der Waals surface area (Å²) in [5, 5.41) is 13.3. The van der Waals surface area contributed by atoms with E-state index in [1.807, 2.05) is 11.8 Å². The number of pyridine rings is 1. The SMILES string of the molecule is Cc1cc2c(cc1Cl)nc(N1CCC(C(=O)N[C@H]3COC[C@@H]3O)CC1)n2-c1cccc(C(F)(F)F)n1. The Labute approximate surface area is 210 Å². The molecule has 2 atom stereocenters. The molecule has 2 saturated heterocycles. The summed E-state index contributed by atoms with van der Waals surface area (Å²) in [5.74, 6) is 0.144. The third-order valence-electron chi connectivity index (χ3n) is 6.70. The minimum Gasteiger partial charge on any atom is -0.388 e. The van der Waals surface area contributed by atoms with E-state index < -0.39 is 24.0 Å². The summed E-state index contributed by atoms with van der Waals surface area (Å²) in [6.07, 6.45) is -4.26. The molecule has 12 heteroatoms. The van der Waals surface area contributed by atoms with Crippen molar-refractivity contribution in [3.8, 4) is 5.82 Å². The van der Waals surface area contributed by atoms with Gasteiger partial charge in [0, 0.05) is 24.0 Å². The van der Waals surface area contributed by atoms with E-state index in [1.165, 1.54) is 12.1 Å². The highest BCUT2D eigenvalue weighted by Crippen LogP contribution is 2.34. The quantitative estimate of drug-likeness (QED) is 0.544. The van der Waals surface area contributed by atoms with Crippen LogP contribution >= 0.6 is 11.6 Å². The van der Waals surface area contributed by atoms with E-state index in [4.69, 9.17) is 21.3 Å². The average Bonchev–Trinajstić information content (AvgIpc) is 3.42. The van der Waals surface area contributed by atoms with Crippen molar-refractivity contribution in [3.63, 3.8) is 0 Å². The second-order valence-electron chi connectivity index (χ2n) is 9.20. The number of benzene rings is 1. The lowest BCUT2D eigenvalue weighted by Gasteiger charge is -2.33. The van der Waals surface area contributed by atoms with Crippen LogP contribution in [0.2, 0.25) is 5.02 Å². The number of hydrogen-bond acceptors (Lipinski definition) is 6. The lowest BCUT2D eigenvalue weighted by molar-refractivity contribution is -0.141. The van der Waals surface area contributed by atoms with Gasteiger partial charge >= 0.3 is 6.18 Å². The fraction of sp³-hybridized carbons (Fsp3) is 0.458. The van der Waals surface area contributed by atoms with Gasteiger partial charge in [0.2, 0.25) is 11.9 Å². The van der Waals surface area contributed by atoms with Crippen molar-refractivity contribution in [1.82, 2.24) is 19.9 Å². The average molecular weight is 524 g/mol. The van der Waals surface area contributed by atoms with Gasteiger partial charge in [0.25, 0.3) is 0 Å². The highest BCUT2D eigenvalue weighted by molar-refractivity contribution is 6.32. The molecule has 5 rings (SSSR count). The van der Waals surface area contributed by atoms with Crippen LogP contribution in [-0.4, -0.2) is 64.0 Å². The van der Waals surface area contributed by atoms with Gasteiger partial charge in [-0.15, -0.1) is 0 Å². The molecule has 192 valence electrons. The molecule has 0 spiro atoms. The Morgan fingerprint density at radius 3 is 2.61 bits per heavy atom. The Balaban J connectivity index is 1.44. The van der Waals surface area contributed by atoms with Crippen molar-refractivity contribution in [1.29, 1.82) is 0 Å². The van der Waals surface area contributed by atoms with Crippen LogP contribution in [0, 0.1) is 12.8 Å². The second-order valence-corrected chi connectivity index (χ2v) is 9.60. The Morgan fingerprint density at radius 2 is 1.94 bits per heavy atom. The number of hydrogen-bond donors (Lipinski definition) is 2. The van der Waals surface area contributed by atoms with Crippen LogP contribution in [0.4, 0.5) is 19.1 Å². The number of carbonyl (C=O) groups is 1. The maximum Gasteiger partial charge on any atom is 0.433 e. The molecule has 2 N–H and O–H groups in total. The van der Waals surface area contributed by atoms with Crippen molar-refractivity contribution in [2.45, 2.75) is 38.1 Å². The molecule has 4 heterocycles. The number of nitrogens with zero attached hydrogens (tertiary/aromatic N) is 4. The monoisotopic (exact) mass is 523 g/mol. The number of imidazole rings is 1. The number of carbonyl (C=O) groups excluding carboxylic acids is 1. The first-order valence-electron chi connectivity index (χ1n) is 11.7. The number of ether oxygens (including phenoxy) is 1. The van der Waals surface area contributed by atoms with Gasteiger partial charge in [-0.3, -0.25) is 9.36 Å². The molecule has 0 unspecified atom stereocenters. The number of aliphatic hydroxyl groups is 1. The number of aromatic nitrogens is 3. The zero-order valence-electron chi connectivity index (χ0n) is 19.4. The molecule has 2 fully saturated rings. The summed E-state index contributed by atoms with van der Waals surface area (Å²) in [6, 6.07) is 6.82. The fourth-order valence-electron chi connectivity index (χ4n) is 4.66. The zero-order valence-corrected chi connectivity index (χ0v) is 20.2. The Bertz CT molecular complexity index is 1290. The maximum absolute atomic E-state index is 13.4. The molecule has 0 radical (unpaired) electrons. The molecule has 2 aliphatic heterocycles. The highest BCUT2D eigenvalue weighted by atomic mass is 35.5. The summed E-state index contributed by atoms with van der Waals surface area (Å²) in [7, 11) is 0. The van der Waals surface area contributed by atoms with E-state index in [0.29, 0.717) is 47.9 Å². The zero-order chi connectivity index (χ0) is 25.6. The molecule has 0 saturated carbocycles. The van der Waals surface area contributed by atoms with Crippen LogP contribution < -0.4 is 10.2 Å². The number of aliphatic hydroxyl groups excluding tert-OH is 1. The van der Waals surface area contributed by atoms with Crippen LogP contribution in [-0.2, 0) is 15.7 Å². The number of alkyl halides is 3. The van der Waals surface area contributed by atoms with Gasteiger partial charge < -0.3 is 20.1 Å². The molecule has 0 bridgehead atoms. The standard InChI is InChI=1S/C24H25ClF3N5O3/c1-13-9-18-16(10-15(13)25)30-23(33(18)21-4-2-3-20(31-21)24(26,27)28)32-7-5-14(6-8-32)22(35)29-17-11-36-12-19(17)34/h2-4,9-10,14,17,19,34H,5-8,11-12H2,1H3,(H,29,35)/t17-,19-/m0/s1. The van der Waals surface area contributed by atoms with Crippen LogP contribution in [0.3, 0.4) is 0 Å². The molecule has 2 aromatic heterocycles. The molecule has 3 aromatic rings. The Kier molecular flexibility index (Phi) is 6.56. The summed E-state index contributed by atoms with van der Waals surface area (Å²) in [5.41, 5.74) is 0.896. The summed E-state index contributed by atoms with van der Waals surface area (Å²) < 4.78 is 47.0. The number of amides is 1. The van der Waals surface area contributed by atoms with Crippen molar-refractivity contribution in [2.75, 3.05) is 31.2 Å². The minimum atomic E-state index is -4.59. The first kappa shape index (κ1) is 24.8. The molecule has 8 nitrogen and oxygen atoms in total. The molecule has 1 amide bonds. The number of aryl methyl sites for hydroxylation is 1. The van der Waals surface area contributed by atoms with E-state index in [0.717, 1.165) is 11.6 Å². The number of piperidine rings is 1. The highest BCUT2D eigenvalue weighted by Gasteiger charge is 2.35. The van der Waals surface area contributed by atoms with Gasteiger partial charge in [-0.1, -0.05) is 17.7 Å². The predicted octanol–water partition coefficient (Wildman–Crippen LogP) is 3.49. The number of halogens is 4.